The van der Waals surface area contributed by atoms with E-state index in [1.54, 1.807) is 0 Å². The van der Waals surface area contributed by atoms with Crippen LogP contribution in [0.15, 0.2) is 0 Å². The molecule has 0 aliphatic rings. The van der Waals surface area contributed by atoms with E-state index in [1.807, 2.05) is 11.6 Å². The van der Waals surface area contributed by atoms with Crippen molar-refractivity contribution in [3.63, 3.8) is 0 Å². The molecule has 0 saturated carbocycles. The monoisotopic (exact) mass is 315 g/mol. The second-order valence-corrected chi connectivity index (χ2v) is 6.86. The Kier molecular flexibility index (Phi) is 6.70. The average molecular weight is 316 g/mol. The number of halogens is 1. The minimum Gasteiger partial charge on any atom is -0.376 e. The SMILES string of the molecule is CCOC(C(N)Cc1c(Cl)c(CC)nn1CC)C(C)(C)C. The minimum atomic E-state index is -0.103. The molecular formula is C16H30ClN3O. The van der Waals surface area contributed by atoms with Crippen molar-refractivity contribution in [2.45, 2.75) is 73.1 Å². The molecule has 2 atom stereocenters. The summed E-state index contributed by atoms with van der Waals surface area (Å²) in [6.07, 6.45) is 1.51. The summed E-state index contributed by atoms with van der Waals surface area (Å²) >= 11 is 6.47. The highest BCUT2D eigenvalue weighted by atomic mass is 35.5. The molecule has 2 N–H and O–H groups in total. The molecule has 0 amide bonds. The Morgan fingerprint density at radius 2 is 1.90 bits per heavy atom. The Bertz CT molecular complexity index is 451. The van der Waals surface area contributed by atoms with Gasteiger partial charge < -0.3 is 10.5 Å². The molecule has 122 valence electrons. The van der Waals surface area contributed by atoms with Crippen LogP contribution in [0, 0.1) is 5.41 Å². The van der Waals surface area contributed by atoms with Crippen molar-refractivity contribution in [1.82, 2.24) is 9.78 Å². The van der Waals surface area contributed by atoms with Crippen LogP contribution in [0.5, 0.6) is 0 Å². The maximum Gasteiger partial charge on any atom is 0.0850 e. The summed E-state index contributed by atoms with van der Waals surface area (Å²) in [5, 5.41) is 5.32. The van der Waals surface area contributed by atoms with E-state index in [9.17, 15) is 0 Å². The lowest BCUT2D eigenvalue weighted by molar-refractivity contribution is -0.0277. The zero-order valence-electron chi connectivity index (χ0n) is 14.2. The van der Waals surface area contributed by atoms with Crippen molar-refractivity contribution in [2.24, 2.45) is 11.1 Å². The predicted octanol–water partition coefficient (Wildman–Crippen LogP) is 3.44. The van der Waals surface area contributed by atoms with Gasteiger partial charge >= 0.3 is 0 Å². The van der Waals surface area contributed by atoms with Gasteiger partial charge in [-0.1, -0.05) is 39.3 Å². The van der Waals surface area contributed by atoms with Gasteiger partial charge in [-0.25, -0.2) is 0 Å². The minimum absolute atomic E-state index is 0.00739. The number of hydrogen-bond donors (Lipinski definition) is 1. The van der Waals surface area contributed by atoms with Crippen LogP contribution >= 0.6 is 11.6 Å². The average Bonchev–Trinajstić information content (AvgIpc) is 2.71. The molecule has 21 heavy (non-hydrogen) atoms. The molecule has 1 heterocycles. The van der Waals surface area contributed by atoms with E-state index in [0.717, 1.165) is 29.4 Å². The Labute approximate surface area is 134 Å². The lowest BCUT2D eigenvalue weighted by Gasteiger charge is -2.35. The highest BCUT2D eigenvalue weighted by Gasteiger charge is 2.32. The molecule has 0 spiro atoms. The molecule has 0 bridgehead atoms. The van der Waals surface area contributed by atoms with E-state index in [1.165, 1.54) is 0 Å². The third kappa shape index (κ3) is 4.44. The summed E-state index contributed by atoms with van der Waals surface area (Å²) in [6, 6.07) is -0.103. The van der Waals surface area contributed by atoms with Gasteiger partial charge in [0, 0.05) is 25.6 Å². The van der Waals surface area contributed by atoms with Crippen molar-refractivity contribution in [3.8, 4) is 0 Å². The van der Waals surface area contributed by atoms with Crippen LogP contribution in [-0.2, 0) is 24.1 Å². The molecule has 2 unspecified atom stereocenters. The van der Waals surface area contributed by atoms with Gasteiger partial charge in [-0.3, -0.25) is 4.68 Å². The molecule has 0 fully saturated rings. The van der Waals surface area contributed by atoms with Gasteiger partial charge in [0.2, 0.25) is 0 Å². The van der Waals surface area contributed by atoms with Gasteiger partial charge in [0.05, 0.1) is 22.5 Å². The van der Waals surface area contributed by atoms with Crippen LogP contribution in [0.1, 0.15) is 52.9 Å². The Morgan fingerprint density at radius 3 is 2.33 bits per heavy atom. The van der Waals surface area contributed by atoms with Crippen LogP contribution in [0.4, 0.5) is 0 Å². The topological polar surface area (TPSA) is 53.1 Å². The standard InChI is InChI=1S/C16H30ClN3O/c1-7-12-14(17)13(20(8-2)19-12)10-11(18)15(21-9-3)16(4,5)6/h11,15H,7-10,18H2,1-6H3. The second kappa shape index (κ2) is 7.61. The first-order valence-electron chi connectivity index (χ1n) is 7.87. The van der Waals surface area contributed by atoms with Gasteiger partial charge in [0.15, 0.2) is 0 Å². The van der Waals surface area contributed by atoms with Gasteiger partial charge in [0.1, 0.15) is 0 Å². The number of rotatable bonds is 7. The van der Waals surface area contributed by atoms with Gasteiger partial charge in [-0.05, 0) is 25.7 Å². The zero-order valence-corrected chi connectivity index (χ0v) is 15.0. The largest absolute Gasteiger partial charge is 0.376 e. The van der Waals surface area contributed by atoms with Gasteiger partial charge in [-0.15, -0.1) is 0 Å². The molecule has 4 nitrogen and oxygen atoms in total. The smallest absolute Gasteiger partial charge is 0.0850 e. The molecule has 1 aromatic rings. The van der Waals surface area contributed by atoms with Gasteiger partial charge in [-0.2, -0.15) is 5.10 Å². The molecular weight excluding hydrogens is 286 g/mol. The fraction of sp³-hybridized carbons (Fsp3) is 0.812. The summed E-state index contributed by atoms with van der Waals surface area (Å²) in [7, 11) is 0. The van der Waals surface area contributed by atoms with Crippen molar-refractivity contribution >= 4 is 11.6 Å². The number of nitrogens with zero attached hydrogens (tertiary/aromatic N) is 2. The van der Waals surface area contributed by atoms with Crippen molar-refractivity contribution in [2.75, 3.05) is 6.61 Å². The van der Waals surface area contributed by atoms with Crippen LogP contribution in [0.3, 0.4) is 0 Å². The third-order valence-corrected chi connectivity index (χ3v) is 4.15. The molecule has 1 rings (SSSR count). The fourth-order valence-corrected chi connectivity index (χ4v) is 3.08. The van der Waals surface area contributed by atoms with Crippen molar-refractivity contribution < 1.29 is 4.74 Å². The van der Waals surface area contributed by atoms with E-state index in [0.29, 0.717) is 13.0 Å². The summed E-state index contributed by atoms with van der Waals surface area (Å²) in [6.45, 7) is 14.1. The highest BCUT2D eigenvalue weighted by Crippen LogP contribution is 2.28. The molecule has 0 aromatic carbocycles. The molecule has 1 aromatic heterocycles. The maximum absolute atomic E-state index is 6.47. The molecule has 0 aliphatic carbocycles. The second-order valence-electron chi connectivity index (χ2n) is 6.49. The summed E-state index contributed by atoms with van der Waals surface area (Å²) in [5.41, 5.74) is 8.41. The van der Waals surface area contributed by atoms with Crippen LogP contribution in [0.25, 0.3) is 0 Å². The number of aryl methyl sites for hydroxylation is 2. The van der Waals surface area contributed by atoms with E-state index < -0.39 is 0 Å². The van der Waals surface area contributed by atoms with E-state index >= 15 is 0 Å². The van der Waals surface area contributed by atoms with Crippen LogP contribution in [0.2, 0.25) is 5.02 Å². The number of aromatic nitrogens is 2. The number of ether oxygens (including phenoxy) is 1. The number of nitrogens with two attached hydrogens (primary N) is 1. The maximum atomic E-state index is 6.47. The Morgan fingerprint density at radius 1 is 1.29 bits per heavy atom. The third-order valence-electron chi connectivity index (χ3n) is 3.71. The normalized spacial score (nSPS) is 15.2. The summed E-state index contributed by atoms with van der Waals surface area (Å²) in [4.78, 5) is 0. The molecule has 0 saturated heterocycles. The van der Waals surface area contributed by atoms with Gasteiger partial charge in [0.25, 0.3) is 0 Å². The fourth-order valence-electron chi connectivity index (χ4n) is 2.74. The Hall–Kier alpha value is -0.580. The quantitative estimate of drug-likeness (QED) is 0.838. The first-order chi connectivity index (χ1) is 9.76. The van der Waals surface area contributed by atoms with Crippen LogP contribution in [-0.4, -0.2) is 28.5 Å². The Balaban J connectivity index is 3.00. The first-order valence-corrected chi connectivity index (χ1v) is 8.25. The van der Waals surface area contributed by atoms with E-state index in [-0.39, 0.29) is 17.6 Å². The summed E-state index contributed by atoms with van der Waals surface area (Å²) < 4.78 is 7.85. The van der Waals surface area contributed by atoms with Crippen molar-refractivity contribution in [3.05, 3.63) is 16.4 Å². The molecule has 0 aliphatic heterocycles. The van der Waals surface area contributed by atoms with E-state index in [2.05, 4.69) is 39.7 Å². The predicted molar refractivity (Wildman–Crippen MR) is 88.8 cm³/mol. The zero-order chi connectivity index (χ0) is 16.2. The van der Waals surface area contributed by atoms with E-state index in [4.69, 9.17) is 22.1 Å². The molecule has 5 heteroatoms. The highest BCUT2D eigenvalue weighted by molar-refractivity contribution is 6.31. The van der Waals surface area contributed by atoms with Crippen LogP contribution < -0.4 is 5.73 Å². The number of hydrogen-bond acceptors (Lipinski definition) is 3. The lowest BCUT2D eigenvalue weighted by atomic mass is 9.83. The molecule has 0 radical (unpaired) electrons. The lowest BCUT2D eigenvalue weighted by Crippen LogP contribution is -2.47. The van der Waals surface area contributed by atoms with Crippen molar-refractivity contribution in [1.29, 1.82) is 0 Å². The summed E-state index contributed by atoms with van der Waals surface area (Å²) in [5.74, 6) is 0. The first kappa shape index (κ1) is 18.5.